The molecule has 0 unspecified atom stereocenters. The highest BCUT2D eigenvalue weighted by Crippen LogP contribution is 2.22. The summed E-state index contributed by atoms with van der Waals surface area (Å²) in [5.74, 6) is 0.769. The van der Waals surface area contributed by atoms with Crippen molar-refractivity contribution in [2.24, 2.45) is 5.10 Å². The smallest absolute Gasteiger partial charge is 0.298 e. The minimum atomic E-state index is -0.233. The molecular weight excluding hydrogens is 316 g/mol. The predicted molar refractivity (Wildman–Crippen MR) is 98.6 cm³/mol. The van der Waals surface area contributed by atoms with Crippen molar-refractivity contribution in [2.45, 2.75) is 6.92 Å². The summed E-state index contributed by atoms with van der Waals surface area (Å²) in [5.41, 5.74) is 3.76. The number of rotatable bonds is 3. The maximum Gasteiger partial charge on any atom is 0.298 e. The lowest BCUT2D eigenvalue weighted by atomic mass is 10.2. The van der Waals surface area contributed by atoms with Gasteiger partial charge in [-0.15, -0.1) is 0 Å². The molecule has 0 radical (unpaired) electrons. The second kappa shape index (κ2) is 5.90. The van der Waals surface area contributed by atoms with Gasteiger partial charge >= 0.3 is 0 Å². The maximum atomic E-state index is 12.7. The molecule has 0 aliphatic heterocycles. The first-order valence-corrected chi connectivity index (χ1v) is 7.84. The van der Waals surface area contributed by atoms with E-state index in [1.54, 1.807) is 13.3 Å². The third kappa shape index (κ3) is 2.67. The van der Waals surface area contributed by atoms with E-state index in [1.165, 1.54) is 11.0 Å². The van der Waals surface area contributed by atoms with Crippen molar-refractivity contribution in [3.8, 4) is 5.75 Å². The summed E-state index contributed by atoms with van der Waals surface area (Å²) in [6, 6.07) is 13.4. The molecule has 0 fully saturated rings. The van der Waals surface area contributed by atoms with E-state index in [1.807, 2.05) is 49.4 Å². The average Bonchev–Trinajstić information content (AvgIpc) is 3.00. The van der Waals surface area contributed by atoms with E-state index in [0.29, 0.717) is 11.0 Å². The molecule has 6 nitrogen and oxygen atoms in total. The molecule has 0 atom stereocenters. The van der Waals surface area contributed by atoms with E-state index in [2.05, 4.69) is 15.1 Å². The van der Waals surface area contributed by atoms with Gasteiger partial charge in [-0.25, -0.2) is 4.98 Å². The second-order valence-electron chi connectivity index (χ2n) is 5.81. The molecule has 2 heterocycles. The van der Waals surface area contributed by atoms with Gasteiger partial charge in [0.05, 0.1) is 13.3 Å². The highest BCUT2D eigenvalue weighted by Gasteiger charge is 2.10. The Morgan fingerprint density at radius 3 is 2.76 bits per heavy atom. The third-order valence-electron chi connectivity index (χ3n) is 4.09. The van der Waals surface area contributed by atoms with Crippen molar-refractivity contribution in [3.05, 3.63) is 70.3 Å². The lowest BCUT2D eigenvalue weighted by Gasteiger charge is -2.00. The number of aryl methyl sites for hydroxylation is 1. The van der Waals surface area contributed by atoms with E-state index in [9.17, 15) is 4.79 Å². The average molecular weight is 332 g/mol. The number of fused-ring (bicyclic) bond motifs is 3. The van der Waals surface area contributed by atoms with Gasteiger partial charge in [0.15, 0.2) is 0 Å². The Morgan fingerprint density at radius 2 is 2.00 bits per heavy atom. The molecule has 2 aromatic heterocycles. The largest absolute Gasteiger partial charge is 0.497 e. The molecule has 4 aromatic rings. The van der Waals surface area contributed by atoms with Crippen molar-refractivity contribution in [1.29, 1.82) is 0 Å². The Labute approximate surface area is 143 Å². The zero-order valence-corrected chi connectivity index (χ0v) is 13.9. The Bertz CT molecular complexity index is 1150. The van der Waals surface area contributed by atoms with Crippen LogP contribution in [0.5, 0.6) is 5.75 Å². The standard InChI is InChI=1S/C19H16N4O2/c1-12-3-8-16-15(9-12)17-18(22-16)19(24)23(11-20-17)21-10-13-4-6-14(25-2)7-5-13/h3-11,22H,1-2H3/b21-10-. The fourth-order valence-corrected chi connectivity index (χ4v) is 2.76. The third-order valence-corrected chi connectivity index (χ3v) is 4.09. The predicted octanol–water partition coefficient (Wildman–Crippen LogP) is 3.08. The molecule has 0 saturated heterocycles. The maximum absolute atomic E-state index is 12.7. The van der Waals surface area contributed by atoms with E-state index in [0.717, 1.165) is 27.8 Å². The van der Waals surface area contributed by atoms with Crippen LogP contribution in [0.15, 0.2) is 58.7 Å². The molecule has 0 saturated carbocycles. The van der Waals surface area contributed by atoms with Crippen molar-refractivity contribution in [3.63, 3.8) is 0 Å². The van der Waals surface area contributed by atoms with Gasteiger partial charge in [-0.05, 0) is 48.9 Å². The number of benzene rings is 2. The number of ether oxygens (including phenoxy) is 1. The molecule has 0 aliphatic rings. The van der Waals surface area contributed by atoms with Gasteiger partial charge in [0.25, 0.3) is 5.56 Å². The van der Waals surface area contributed by atoms with Crippen LogP contribution in [0.4, 0.5) is 0 Å². The fourth-order valence-electron chi connectivity index (χ4n) is 2.76. The van der Waals surface area contributed by atoms with Crippen LogP contribution in [-0.2, 0) is 0 Å². The number of nitrogens with zero attached hydrogens (tertiary/aromatic N) is 3. The molecule has 0 aliphatic carbocycles. The lowest BCUT2D eigenvalue weighted by Crippen LogP contribution is -2.17. The summed E-state index contributed by atoms with van der Waals surface area (Å²) >= 11 is 0. The number of nitrogens with one attached hydrogen (secondary N) is 1. The van der Waals surface area contributed by atoms with Crippen molar-refractivity contribution in [2.75, 3.05) is 7.11 Å². The zero-order valence-electron chi connectivity index (χ0n) is 13.9. The molecule has 25 heavy (non-hydrogen) atoms. The first-order valence-electron chi connectivity index (χ1n) is 7.84. The van der Waals surface area contributed by atoms with Crippen LogP contribution in [0, 0.1) is 6.92 Å². The molecule has 2 aromatic carbocycles. The zero-order chi connectivity index (χ0) is 17.4. The van der Waals surface area contributed by atoms with E-state index in [-0.39, 0.29) is 5.56 Å². The topological polar surface area (TPSA) is 72.3 Å². The van der Waals surface area contributed by atoms with Crippen LogP contribution in [0.3, 0.4) is 0 Å². The van der Waals surface area contributed by atoms with Gasteiger partial charge in [-0.2, -0.15) is 9.78 Å². The van der Waals surface area contributed by atoms with Gasteiger partial charge < -0.3 is 9.72 Å². The SMILES string of the molecule is COc1ccc(/C=N\n2cnc3c([nH]c4ccc(C)cc43)c2=O)cc1. The number of hydrogen-bond donors (Lipinski definition) is 1. The van der Waals surface area contributed by atoms with Crippen LogP contribution in [0.25, 0.3) is 21.9 Å². The number of H-pyrrole nitrogens is 1. The van der Waals surface area contributed by atoms with Gasteiger partial charge in [0.1, 0.15) is 23.1 Å². The minimum Gasteiger partial charge on any atom is -0.497 e. The quantitative estimate of drug-likeness (QED) is 0.586. The van der Waals surface area contributed by atoms with Crippen LogP contribution in [0.1, 0.15) is 11.1 Å². The van der Waals surface area contributed by atoms with Gasteiger partial charge in [-0.3, -0.25) is 4.79 Å². The molecule has 0 bridgehead atoms. The van der Waals surface area contributed by atoms with E-state index >= 15 is 0 Å². The summed E-state index contributed by atoms with van der Waals surface area (Å²) in [5, 5.41) is 5.17. The summed E-state index contributed by atoms with van der Waals surface area (Å²) < 4.78 is 6.35. The molecule has 0 spiro atoms. The van der Waals surface area contributed by atoms with Gasteiger partial charge in [-0.1, -0.05) is 11.6 Å². The normalized spacial score (nSPS) is 11.6. The number of methoxy groups -OCH3 is 1. The second-order valence-corrected chi connectivity index (χ2v) is 5.81. The summed E-state index contributed by atoms with van der Waals surface area (Å²) in [7, 11) is 1.62. The molecule has 1 N–H and O–H groups in total. The van der Waals surface area contributed by atoms with E-state index in [4.69, 9.17) is 4.74 Å². The fraction of sp³-hybridized carbons (Fsp3) is 0.105. The van der Waals surface area contributed by atoms with Crippen LogP contribution in [-0.4, -0.2) is 28.0 Å². The van der Waals surface area contributed by atoms with Crippen molar-refractivity contribution in [1.82, 2.24) is 14.6 Å². The van der Waals surface area contributed by atoms with Crippen molar-refractivity contribution < 1.29 is 4.74 Å². The monoisotopic (exact) mass is 332 g/mol. The van der Waals surface area contributed by atoms with Crippen LogP contribution in [0.2, 0.25) is 0 Å². The molecule has 6 heteroatoms. The Morgan fingerprint density at radius 1 is 1.20 bits per heavy atom. The van der Waals surface area contributed by atoms with Gasteiger partial charge in [0, 0.05) is 10.9 Å². The Kier molecular flexibility index (Phi) is 3.57. The highest BCUT2D eigenvalue weighted by molar-refractivity contribution is 6.04. The molecule has 124 valence electrons. The number of aromatic nitrogens is 3. The highest BCUT2D eigenvalue weighted by atomic mass is 16.5. The molecule has 0 amide bonds. The van der Waals surface area contributed by atoms with Crippen molar-refractivity contribution >= 4 is 28.2 Å². The summed E-state index contributed by atoms with van der Waals surface area (Å²) in [6.45, 7) is 2.01. The molecule has 4 rings (SSSR count). The number of hydrogen-bond acceptors (Lipinski definition) is 4. The Balaban J connectivity index is 1.77. The Hall–Kier alpha value is -3.41. The van der Waals surface area contributed by atoms with Gasteiger partial charge in [0.2, 0.25) is 0 Å². The summed E-state index contributed by atoms with van der Waals surface area (Å²) in [6.07, 6.45) is 3.06. The first kappa shape index (κ1) is 15.1. The number of aromatic amines is 1. The first-order chi connectivity index (χ1) is 12.2. The lowest BCUT2D eigenvalue weighted by molar-refractivity contribution is 0.415. The summed E-state index contributed by atoms with van der Waals surface area (Å²) in [4.78, 5) is 20.2. The molecular formula is C19H16N4O2. The minimum absolute atomic E-state index is 0.233. The van der Waals surface area contributed by atoms with Crippen LogP contribution >= 0.6 is 0 Å². The van der Waals surface area contributed by atoms with E-state index < -0.39 is 0 Å². The van der Waals surface area contributed by atoms with Crippen LogP contribution < -0.4 is 10.3 Å².